The van der Waals surface area contributed by atoms with Gasteiger partial charge in [-0.1, -0.05) is 38.5 Å². The lowest BCUT2D eigenvalue weighted by Gasteiger charge is -2.31. The lowest BCUT2D eigenvalue weighted by molar-refractivity contribution is -0.193. The summed E-state index contributed by atoms with van der Waals surface area (Å²) in [5.74, 6) is 0. The van der Waals surface area contributed by atoms with Crippen LogP contribution in [0.1, 0.15) is 64.2 Å². The molecule has 0 N–H and O–H groups in total. The third-order valence-corrected chi connectivity index (χ3v) is 3.99. The summed E-state index contributed by atoms with van der Waals surface area (Å²) in [7, 11) is 5.76. The maximum absolute atomic E-state index is 6.00. The molecule has 0 aromatic heterocycles. The molecule has 2 fully saturated rings. The SMILES string of the molecule is [B]CC(OC1CCCCC1)OC1CCCCC1. The molecule has 2 nitrogen and oxygen atoms in total. The van der Waals surface area contributed by atoms with Crippen molar-refractivity contribution in [1.29, 1.82) is 0 Å². The zero-order valence-corrected chi connectivity index (χ0v) is 10.9. The van der Waals surface area contributed by atoms with Gasteiger partial charge in [-0.3, -0.25) is 0 Å². The van der Waals surface area contributed by atoms with Crippen molar-refractivity contribution in [3.05, 3.63) is 0 Å². The molecule has 0 aromatic rings. The van der Waals surface area contributed by atoms with Crippen LogP contribution in [0.15, 0.2) is 0 Å². The highest BCUT2D eigenvalue weighted by Crippen LogP contribution is 2.26. The van der Waals surface area contributed by atoms with Crippen LogP contribution in [0.4, 0.5) is 0 Å². The van der Waals surface area contributed by atoms with E-state index >= 15 is 0 Å². The predicted molar refractivity (Wildman–Crippen MR) is 70.3 cm³/mol. The summed E-state index contributed by atoms with van der Waals surface area (Å²) in [6, 6.07) is 0. The van der Waals surface area contributed by atoms with Gasteiger partial charge in [0.25, 0.3) is 0 Å². The Morgan fingerprint density at radius 3 is 1.53 bits per heavy atom. The molecule has 0 saturated heterocycles. The first kappa shape index (κ1) is 13.4. The molecular formula is C14H25BO2. The van der Waals surface area contributed by atoms with Gasteiger partial charge in [-0.15, -0.1) is 0 Å². The van der Waals surface area contributed by atoms with Gasteiger partial charge in [0.1, 0.15) is 0 Å². The summed E-state index contributed by atoms with van der Waals surface area (Å²) >= 11 is 0. The third kappa shape index (κ3) is 4.63. The van der Waals surface area contributed by atoms with E-state index in [0.29, 0.717) is 18.5 Å². The lowest BCUT2D eigenvalue weighted by Crippen LogP contribution is -2.30. The van der Waals surface area contributed by atoms with Crippen molar-refractivity contribution in [2.24, 2.45) is 0 Å². The normalized spacial score (nSPS) is 24.3. The van der Waals surface area contributed by atoms with Crippen LogP contribution in [-0.4, -0.2) is 26.3 Å². The molecule has 0 aliphatic heterocycles. The minimum Gasteiger partial charge on any atom is -0.350 e. The zero-order chi connectivity index (χ0) is 11.9. The Bertz CT molecular complexity index is 178. The Kier molecular flexibility index (Phi) is 5.86. The zero-order valence-electron chi connectivity index (χ0n) is 10.9. The average Bonchev–Trinajstić information content (AvgIpc) is 2.40. The van der Waals surface area contributed by atoms with Crippen molar-refractivity contribution in [1.82, 2.24) is 0 Å². The maximum Gasteiger partial charge on any atom is 0.150 e. The second-order valence-electron chi connectivity index (χ2n) is 5.46. The van der Waals surface area contributed by atoms with Crippen molar-refractivity contribution < 1.29 is 9.47 Å². The summed E-state index contributed by atoms with van der Waals surface area (Å²) < 4.78 is 12.0. The maximum atomic E-state index is 6.00. The van der Waals surface area contributed by atoms with Crippen molar-refractivity contribution in [2.75, 3.05) is 0 Å². The van der Waals surface area contributed by atoms with E-state index in [4.69, 9.17) is 17.3 Å². The quantitative estimate of drug-likeness (QED) is 0.536. The topological polar surface area (TPSA) is 18.5 Å². The van der Waals surface area contributed by atoms with E-state index in [1.807, 2.05) is 0 Å². The molecule has 0 bridgehead atoms. The smallest absolute Gasteiger partial charge is 0.150 e. The monoisotopic (exact) mass is 236 g/mol. The first-order valence-corrected chi connectivity index (χ1v) is 7.39. The number of hydrogen-bond acceptors (Lipinski definition) is 2. The highest BCUT2D eigenvalue weighted by Gasteiger charge is 2.22. The molecule has 0 aromatic carbocycles. The molecule has 2 saturated carbocycles. The molecule has 0 amide bonds. The van der Waals surface area contributed by atoms with Gasteiger partial charge in [0.05, 0.1) is 20.1 Å². The summed E-state index contributed by atoms with van der Waals surface area (Å²) in [5, 5.41) is 0. The molecule has 2 rings (SSSR count). The van der Waals surface area contributed by atoms with Gasteiger partial charge >= 0.3 is 0 Å². The van der Waals surface area contributed by atoms with E-state index in [1.54, 1.807) is 0 Å². The molecule has 17 heavy (non-hydrogen) atoms. The highest BCUT2D eigenvalue weighted by atomic mass is 16.7. The van der Waals surface area contributed by atoms with Crippen molar-refractivity contribution in [3.8, 4) is 0 Å². The summed E-state index contributed by atoms with van der Waals surface area (Å²) in [6.45, 7) is 0. The van der Waals surface area contributed by atoms with E-state index in [9.17, 15) is 0 Å². The Morgan fingerprint density at radius 2 is 1.18 bits per heavy atom. The largest absolute Gasteiger partial charge is 0.350 e. The van der Waals surface area contributed by atoms with Crippen LogP contribution in [0, 0.1) is 0 Å². The standard InChI is InChI=1S/C14H25BO2/c15-11-14(16-12-7-3-1-4-8-12)17-13-9-5-2-6-10-13/h12-14H,1-11H2. The summed E-state index contributed by atoms with van der Waals surface area (Å²) in [4.78, 5) is 0. The van der Waals surface area contributed by atoms with Crippen molar-refractivity contribution in [2.45, 2.75) is 89.0 Å². The van der Waals surface area contributed by atoms with Crippen molar-refractivity contribution >= 4 is 7.85 Å². The van der Waals surface area contributed by atoms with E-state index in [-0.39, 0.29) is 6.29 Å². The summed E-state index contributed by atoms with van der Waals surface area (Å²) in [5.41, 5.74) is 0. The lowest BCUT2D eigenvalue weighted by atomic mass is 9.96. The van der Waals surface area contributed by atoms with Crippen LogP contribution < -0.4 is 0 Å². The van der Waals surface area contributed by atoms with Crippen LogP contribution in [0.25, 0.3) is 0 Å². The van der Waals surface area contributed by atoms with Gasteiger partial charge in [-0.05, 0) is 32.0 Å². The summed E-state index contributed by atoms with van der Waals surface area (Å²) in [6.07, 6.45) is 13.8. The Hall–Kier alpha value is -0.0151. The van der Waals surface area contributed by atoms with Crippen LogP contribution in [0.5, 0.6) is 0 Å². The van der Waals surface area contributed by atoms with E-state index in [2.05, 4.69) is 0 Å². The Balaban J connectivity index is 1.71. The molecule has 2 aliphatic rings. The van der Waals surface area contributed by atoms with Gasteiger partial charge in [-0.2, -0.15) is 0 Å². The first-order chi connectivity index (χ1) is 8.38. The van der Waals surface area contributed by atoms with Crippen LogP contribution in [0.3, 0.4) is 0 Å². The fourth-order valence-corrected chi connectivity index (χ4v) is 2.97. The fraction of sp³-hybridized carbons (Fsp3) is 1.00. The van der Waals surface area contributed by atoms with E-state index in [1.165, 1.54) is 64.2 Å². The number of hydrogen-bond donors (Lipinski definition) is 0. The molecule has 3 heteroatoms. The van der Waals surface area contributed by atoms with Gasteiger partial charge in [0.2, 0.25) is 0 Å². The van der Waals surface area contributed by atoms with E-state index < -0.39 is 0 Å². The van der Waals surface area contributed by atoms with E-state index in [0.717, 1.165) is 0 Å². The van der Waals surface area contributed by atoms with Gasteiger partial charge in [0, 0.05) is 0 Å². The Morgan fingerprint density at radius 1 is 0.765 bits per heavy atom. The molecule has 0 atom stereocenters. The molecule has 2 radical (unpaired) electrons. The van der Waals surface area contributed by atoms with Gasteiger partial charge in [-0.25, -0.2) is 0 Å². The highest BCUT2D eigenvalue weighted by molar-refractivity contribution is 6.08. The van der Waals surface area contributed by atoms with Gasteiger partial charge in [0.15, 0.2) is 6.29 Å². The van der Waals surface area contributed by atoms with Gasteiger partial charge < -0.3 is 9.47 Å². The first-order valence-electron chi connectivity index (χ1n) is 7.39. The molecule has 0 unspecified atom stereocenters. The molecular weight excluding hydrogens is 211 g/mol. The molecule has 96 valence electrons. The molecule has 0 spiro atoms. The van der Waals surface area contributed by atoms with Crippen molar-refractivity contribution in [3.63, 3.8) is 0 Å². The van der Waals surface area contributed by atoms with Crippen LogP contribution in [0.2, 0.25) is 6.32 Å². The third-order valence-electron chi connectivity index (χ3n) is 3.99. The minimum absolute atomic E-state index is 0.166. The minimum atomic E-state index is -0.166. The average molecular weight is 236 g/mol. The number of rotatable bonds is 5. The van der Waals surface area contributed by atoms with Crippen LogP contribution in [-0.2, 0) is 9.47 Å². The fourth-order valence-electron chi connectivity index (χ4n) is 2.97. The Labute approximate surface area is 107 Å². The second kappa shape index (κ2) is 7.43. The molecule has 2 aliphatic carbocycles. The number of ether oxygens (including phenoxy) is 2. The second-order valence-corrected chi connectivity index (χ2v) is 5.46. The predicted octanol–water partition coefficient (Wildman–Crippen LogP) is 3.60. The van der Waals surface area contributed by atoms with Crippen LogP contribution >= 0.6 is 0 Å². The molecule has 0 heterocycles.